The van der Waals surface area contributed by atoms with Crippen LogP contribution in [0.3, 0.4) is 0 Å². The van der Waals surface area contributed by atoms with Crippen LogP contribution in [-0.2, 0) is 40.6 Å². The maximum absolute atomic E-state index is 11.5. The van der Waals surface area contributed by atoms with Crippen molar-refractivity contribution in [2.45, 2.75) is 0 Å². The minimum absolute atomic E-state index is 0. The van der Waals surface area contributed by atoms with Crippen molar-refractivity contribution < 1.29 is 49.4 Å². The SMILES string of the molecule is [C-]#[N+]/C(F)=C(/F)C#N.[C-]#[O+].[C-]#[O+].[C-]#[O+].[C-]#[O+].[C-]#[O+].[Cr]. The van der Waals surface area contributed by atoms with E-state index >= 15 is 0 Å². The van der Waals surface area contributed by atoms with Gasteiger partial charge in [-0.05, 0) is 0 Å². The van der Waals surface area contributed by atoms with Crippen LogP contribution in [0, 0.1) is 51.2 Å². The number of nitriles is 1. The molecule has 10 heteroatoms. The van der Waals surface area contributed by atoms with Gasteiger partial charge in [0.15, 0.2) is 0 Å². The summed E-state index contributed by atoms with van der Waals surface area (Å²) in [5.74, 6) is -3.35. The molecule has 0 aliphatic heterocycles. The second-order valence-electron chi connectivity index (χ2n) is 0.828. The van der Waals surface area contributed by atoms with Gasteiger partial charge in [-0.15, -0.1) is 0 Å². The summed E-state index contributed by atoms with van der Waals surface area (Å²) in [5.41, 5.74) is 0. The maximum Gasteiger partial charge on any atom is 0 e. The normalized spacial score (nSPS) is 5.16. The average molecular weight is 306 g/mol. The molecule has 19 heavy (non-hydrogen) atoms. The van der Waals surface area contributed by atoms with E-state index in [-0.39, 0.29) is 17.4 Å². The van der Waals surface area contributed by atoms with Crippen molar-refractivity contribution in [1.82, 2.24) is 0 Å². The molecule has 0 amide bonds. The molecule has 0 heterocycles. The summed E-state index contributed by atoms with van der Waals surface area (Å²) in [4.78, 5) is 2.02. The standard InChI is InChI=1S/C4F2N2.5CO.Cr/c1-8-4(6)3(5)2-7;5*1-2;/b4-3+;;;;;;. The number of halogens is 2. The number of rotatable bonds is 0. The first-order chi connectivity index (χ1) is 8.72. The van der Waals surface area contributed by atoms with E-state index in [2.05, 4.69) is 33.3 Å². The largest absolute Gasteiger partial charge is 0 e. The smallest absolute Gasteiger partial charge is 0 e. The molecule has 0 rings (SSSR count). The third kappa shape index (κ3) is 89.3. The Hall–Kier alpha value is -2.19. The van der Waals surface area contributed by atoms with Gasteiger partial charge in [0.05, 0.1) is 6.57 Å². The number of nitrogens with zero attached hydrogens (tertiary/aromatic N) is 2. The van der Waals surface area contributed by atoms with Gasteiger partial charge in [-0.2, -0.15) is 5.26 Å². The van der Waals surface area contributed by atoms with E-state index in [0.29, 0.717) is 0 Å². The van der Waals surface area contributed by atoms with Crippen molar-refractivity contribution in [2.24, 2.45) is 0 Å². The monoisotopic (exact) mass is 306 g/mol. The molecular formula is C9CrF2N2O5. The van der Waals surface area contributed by atoms with Crippen LogP contribution in [0.5, 0.6) is 0 Å². The van der Waals surface area contributed by atoms with Crippen LogP contribution in [0.2, 0.25) is 0 Å². The Bertz CT molecular complexity index is 328. The zero-order valence-corrected chi connectivity index (χ0v) is 9.87. The van der Waals surface area contributed by atoms with E-state index in [1.54, 1.807) is 0 Å². The zero-order valence-electron chi connectivity index (χ0n) is 8.60. The fraction of sp³-hybridized carbons (Fsp3) is 0. The molecule has 7 nitrogen and oxygen atoms in total. The molecule has 0 fully saturated rings. The summed E-state index contributed by atoms with van der Waals surface area (Å²) in [6, 6.07) is 0.840. The molecule has 0 aliphatic carbocycles. The fourth-order valence-electron chi connectivity index (χ4n) is 0.0952. The van der Waals surface area contributed by atoms with Gasteiger partial charge in [-0.3, -0.25) is 0 Å². The van der Waals surface area contributed by atoms with E-state index in [4.69, 9.17) is 35.1 Å². The van der Waals surface area contributed by atoms with E-state index in [1.165, 1.54) is 0 Å². The molecule has 0 spiro atoms. The Balaban J connectivity index is -0.0000000223. The molecule has 0 saturated carbocycles. The molecule has 0 aromatic rings. The minimum atomic E-state index is -1.69. The molecule has 0 N–H and O–H groups in total. The molecule has 0 aromatic carbocycles. The van der Waals surface area contributed by atoms with Gasteiger partial charge < -0.3 is 0 Å². The molecule has 0 bridgehead atoms. The first-order valence-electron chi connectivity index (χ1n) is 2.57. The third-order valence-electron chi connectivity index (χ3n) is 0.377. The number of hydrogen-bond donors (Lipinski definition) is 0. The zero-order chi connectivity index (χ0) is 16.6. The van der Waals surface area contributed by atoms with Crippen molar-refractivity contribution in [1.29, 1.82) is 5.26 Å². The fourth-order valence-corrected chi connectivity index (χ4v) is 0.0952. The quantitative estimate of drug-likeness (QED) is 0.284. The van der Waals surface area contributed by atoms with Crippen LogP contribution >= 0.6 is 0 Å². The Morgan fingerprint density at radius 3 is 1.11 bits per heavy atom. The number of hydrogen-bond acceptors (Lipinski definition) is 1. The van der Waals surface area contributed by atoms with Crippen LogP contribution in [-0.4, -0.2) is 0 Å². The second-order valence-corrected chi connectivity index (χ2v) is 0.828. The second kappa shape index (κ2) is 103. The molecule has 0 aliphatic rings. The van der Waals surface area contributed by atoms with Crippen molar-refractivity contribution in [3.63, 3.8) is 0 Å². The van der Waals surface area contributed by atoms with Crippen molar-refractivity contribution in [3.8, 4) is 6.07 Å². The molecule has 0 saturated heterocycles. The van der Waals surface area contributed by atoms with Crippen LogP contribution < -0.4 is 0 Å². The summed E-state index contributed by atoms with van der Waals surface area (Å²) in [5, 5.41) is 7.57. The third-order valence-corrected chi connectivity index (χ3v) is 0.377. The Kier molecular flexibility index (Phi) is 236. The van der Waals surface area contributed by atoms with Gasteiger partial charge in [0.1, 0.15) is 6.07 Å². The van der Waals surface area contributed by atoms with E-state index in [0.717, 1.165) is 6.07 Å². The minimum Gasteiger partial charge on any atom is 0 e. The predicted molar refractivity (Wildman–Crippen MR) is 41.1 cm³/mol. The van der Waals surface area contributed by atoms with Gasteiger partial charge in [0.25, 0.3) is 0 Å². The predicted octanol–water partition coefficient (Wildman–Crippen LogP) is 1.35. The first-order valence-corrected chi connectivity index (χ1v) is 2.57. The van der Waals surface area contributed by atoms with Crippen LogP contribution in [0.25, 0.3) is 4.85 Å². The Morgan fingerprint density at radius 2 is 1.05 bits per heavy atom. The van der Waals surface area contributed by atoms with Crippen LogP contribution in [0.15, 0.2) is 11.8 Å². The van der Waals surface area contributed by atoms with Crippen molar-refractivity contribution >= 4 is 0 Å². The van der Waals surface area contributed by atoms with Gasteiger partial charge in [0, 0.05) is 17.4 Å². The Labute approximate surface area is 118 Å². The topological polar surface area (TPSA) is 128 Å². The van der Waals surface area contributed by atoms with Gasteiger partial charge in [0.2, 0.25) is 5.83 Å². The Morgan fingerprint density at radius 1 is 0.842 bits per heavy atom. The number of allylic oxidation sites excluding steroid dienone is 1. The molecule has 0 atom stereocenters. The summed E-state index contributed by atoms with van der Waals surface area (Å²) < 4.78 is 60.4. The van der Waals surface area contributed by atoms with E-state index < -0.39 is 11.8 Å². The summed E-state index contributed by atoms with van der Waals surface area (Å²) >= 11 is 0. The maximum atomic E-state index is 11.5. The molecular weight excluding hydrogens is 306 g/mol. The first kappa shape index (κ1) is 43.7. The van der Waals surface area contributed by atoms with Crippen LogP contribution in [0.4, 0.5) is 8.78 Å². The molecule has 0 radical (unpaired) electrons. The van der Waals surface area contributed by atoms with E-state index in [1.807, 2.05) is 4.85 Å². The van der Waals surface area contributed by atoms with Crippen LogP contribution in [0.1, 0.15) is 0 Å². The summed E-state index contributed by atoms with van der Waals surface area (Å²) in [7, 11) is 0. The molecule has 0 unspecified atom stereocenters. The van der Waals surface area contributed by atoms with Crippen molar-refractivity contribution in [3.05, 3.63) is 56.4 Å². The average Bonchev–Trinajstić information content (AvgIpc) is 2.55. The van der Waals surface area contributed by atoms with Crippen molar-refractivity contribution in [2.75, 3.05) is 0 Å². The summed E-state index contributed by atoms with van der Waals surface area (Å²) in [6.45, 7) is 28.3. The van der Waals surface area contributed by atoms with Gasteiger partial charge >= 0.3 is 62.5 Å². The van der Waals surface area contributed by atoms with E-state index in [9.17, 15) is 8.78 Å². The van der Waals surface area contributed by atoms with Gasteiger partial charge in [-0.25, -0.2) is 13.6 Å². The molecule has 0 aromatic heterocycles. The molecule has 96 valence electrons. The summed E-state index contributed by atoms with van der Waals surface area (Å²) in [6.07, 6.45) is 0. The van der Waals surface area contributed by atoms with Gasteiger partial charge in [-0.1, -0.05) is 0 Å².